The monoisotopic (exact) mass is 344 g/mol. The Morgan fingerprint density at radius 1 is 1.17 bits per heavy atom. The number of hydrogen-bond donors (Lipinski definition) is 2. The molecule has 2 N–H and O–H groups in total. The first-order valence-electron chi connectivity index (χ1n) is 7.84. The zero-order valence-electron chi connectivity index (χ0n) is 14.3. The van der Waals surface area contributed by atoms with Gasteiger partial charge in [0.05, 0.1) is 12.1 Å². The highest BCUT2D eigenvalue weighted by molar-refractivity contribution is 7.98. The molecule has 2 aromatic rings. The Kier molecular flexibility index (Phi) is 6.29. The molecule has 4 nitrogen and oxygen atoms in total. The van der Waals surface area contributed by atoms with Gasteiger partial charge in [-0.15, -0.1) is 11.8 Å². The molecule has 0 saturated heterocycles. The Morgan fingerprint density at radius 2 is 1.88 bits per heavy atom. The quantitative estimate of drug-likeness (QED) is 0.772. The predicted octanol–water partition coefficient (Wildman–Crippen LogP) is 4.21. The molecule has 24 heavy (non-hydrogen) atoms. The zero-order valence-corrected chi connectivity index (χ0v) is 15.1. The summed E-state index contributed by atoms with van der Waals surface area (Å²) in [6.45, 7) is 4.09. The molecule has 0 spiro atoms. The van der Waals surface area contributed by atoms with Gasteiger partial charge in [-0.25, -0.2) is 4.79 Å². The predicted molar refractivity (Wildman–Crippen MR) is 100 cm³/mol. The second kappa shape index (κ2) is 8.22. The molecule has 2 rings (SSSR count). The van der Waals surface area contributed by atoms with Crippen LogP contribution in [0.15, 0.2) is 59.5 Å². The molecule has 0 bridgehead atoms. The standard InChI is InChI=1S/C19H24N2O2S/c1-19(2,23)14-21(13-15-8-5-4-6-9-15)18(22)20-16-10-7-11-17(12-16)24-3/h4-12,23H,13-14H2,1-3H3,(H,20,22). The average molecular weight is 344 g/mol. The van der Waals surface area contributed by atoms with E-state index in [0.29, 0.717) is 6.54 Å². The number of anilines is 1. The molecule has 0 aliphatic rings. The fourth-order valence-electron chi connectivity index (χ4n) is 2.37. The van der Waals surface area contributed by atoms with E-state index < -0.39 is 5.60 Å². The summed E-state index contributed by atoms with van der Waals surface area (Å²) in [5.74, 6) is 0. The number of thioether (sulfide) groups is 1. The van der Waals surface area contributed by atoms with E-state index in [4.69, 9.17) is 0 Å². The number of carbonyl (C=O) groups excluding carboxylic acids is 1. The highest BCUT2D eigenvalue weighted by Crippen LogP contribution is 2.20. The van der Waals surface area contributed by atoms with Gasteiger partial charge in [0, 0.05) is 17.1 Å². The van der Waals surface area contributed by atoms with Gasteiger partial charge in [0.2, 0.25) is 0 Å². The number of amides is 2. The van der Waals surface area contributed by atoms with Crippen molar-refractivity contribution in [3.63, 3.8) is 0 Å². The largest absolute Gasteiger partial charge is 0.389 e. The molecule has 0 aliphatic carbocycles. The van der Waals surface area contributed by atoms with Crippen LogP contribution < -0.4 is 5.32 Å². The first-order chi connectivity index (χ1) is 11.4. The van der Waals surface area contributed by atoms with Crippen molar-refractivity contribution < 1.29 is 9.90 Å². The normalized spacial score (nSPS) is 11.2. The summed E-state index contributed by atoms with van der Waals surface area (Å²) < 4.78 is 0. The van der Waals surface area contributed by atoms with Gasteiger partial charge in [0.15, 0.2) is 0 Å². The lowest BCUT2D eigenvalue weighted by atomic mass is 10.1. The number of hydrogen-bond acceptors (Lipinski definition) is 3. The first kappa shape index (κ1) is 18.4. The Morgan fingerprint density at radius 3 is 2.50 bits per heavy atom. The van der Waals surface area contributed by atoms with E-state index in [9.17, 15) is 9.90 Å². The molecule has 0 heterocycles. The first-order valence-corrected chi connectivity index (χ1v) is 9.06. The Hall–Kier alpha value is -1.98. The van der Waals surface area contributed by atoms with E-state index in [0.717, 1.165) is 16.1 Å². The molecule has 2 amide bonds. The van der Waals surface area contributed by atoms with Crippen molar-refractivity contribution in [2.24, 2.45) is 0 Å². The van der Waals surface area contributed by atoms with E-state index >= 15 is 0 Å². The molecule has 128 valence electrons. The third-order valence-electron chi connectivity index (χ3n) is 3.40. The fraction of sp³-hybridized carbons (Fsp3) is 0.316. The number of benzene rings is 2. The van der Waals surface area contributed by atoms with Crippen molar-refractivity contribution in [3.8, 4) is 0 Å². The minimum absolute atomic E-state index is 0.223. The van der Waals surface area contributed by atoms with Gasteiger partial charge in [0.25, 0.3) is 0 Å². The van der Waals surface area contributed by atoms with Crippen molar-refractivity contribution >= 4 is 23.5 Å². The molecule has 2 aromatic carbocycles. The minimum Gasteiger partial charge on any atom is -0.389 e. The number of nitrogens with one attached hydrogen (secondary N) is 1. The second-order valence-corrected chi connectivity index (χ2v) is 7.20. The summed E-state index contributed by atoms with van der Waals surface area (Å²) in [6, 6.07) is 17.3. The van der Waals surface area contributed by atoms with Crippen LogP contribution in [-0.2, 0) is 6.54 Å². The Balaban J connectivity index is 2.14. The van der Waals surface area contributed by atoms with Crippen molar-refractivity contribution in [2.75, 3.05) is 18.1 Å². The molecule has 0 aliphatic heterocycles. The highest BCUT2D eigenvalue weighted by Gasteiger charge is 2.22. The summed E-state index contributed by atoms with van der Waals surface area (Å²) in [5, 5.41) is 13.1. The molecular weight excluding hydrogens is 320 g/mol. The van der Waals surface area contributed by atoms with Crippen LogP contribution in [-0.4, -0.2) is 34.4 Å². The van der Waals surface area contributed by atoms with Gasteiger partial charge in [-0.05, 0) is 43.9 Å². The van der Waals surface area contributed by atoms with Crippen molar-refractivity contribution in [2.45, 2.75) is 30.9 Å². The smallest absolute Gasteiger partial charge is 0.322 e. The summed E-state index contributed by atoms with van der Waals surface area (Å²) in [6.07, 6.45) is 2.00. The summed E-state index contributed by atoms with van der Waals surface area (Å²) >= 11 is 1.63. The Labute approximate surface area is 147 Å². The van der Waals surface area contributed by atoms with Crippen molar-refractivity contribution in [3.05, 3.63) is 60.2 Å². The average Bonchev–Trinajstić information content (AvgIpc) is 2.54. The lowest BCUT2D eigenvalue weighted by Crippen LogP contribution is -2.43. The summed E-state index contributed by atoms with van der Waals surface area (Å²) in [4.78, 5) is 15.4. The maximum Gasteiger partial charge on any atom is 0.322 e. The van der Waals surface area contributed by atoms with Crippen LogP contribution in [0.1, 0.15) is 19.4 Å². The summed E-state index contributed by atoms with van der Waals surface area (Å²) in [5.41, 5.74) is 0.808. The number of aliphatic hydroxyl groups is 1. The van der Waals surface area contributed by atoms with E-state index in [1.165, 1.54) is 0 Å². The number of carbonyl (C=O) groups is 1. The van der Waals surface area contributed by atoms with Crippen LogP contribution in [0.2, 0.25) is 0 Å². The minimum atomic E-state index is -0.965. The molecular formula is C19H24N2O2S. The third kappa shape index (κ3) is 5.91. The highest BCUT2D eigenvalue weighted by atomic mass is 32.2. The van der Waals surface area contributed by atoms with Crippen LogP contribution in [0.3, 0.4) is 0 Å². The van der Waals surface area contributed by atoms with Crippen LogP contribution in [0.4, 0.5) is 10.5 Å². The van der Waals surface area contributed by atoms with E-state index in [-0.39, 0.29) is 12.6 Å². The maximum atomic E-state index is 12.7. The van der Waals surface area contributed by atoms with Crippen LogP contribution >= 0.6 is 11.8 Å². The van der Waals surface area contributed by atoms with Gasteiger partial charge >= 0.3 is 6.03 Å². The number of urea groups is 1. The van der Waals surface area contributed by atoms with Gasteiger partial charge < -0.3 is 15.3 Å². The molecule has 0 saturated carbocycles. The second-order valence-electron chi connectivity index (χ2n) is 6.32. The number of nitrogens with zero attached hydrogens (tertiary/aromatic N) is 1. The van der Waals surface area contributed by atoms with Crippen LogP contribution in [0, 0.1) is 0 Å². The van der Waals surface area contributed by atoms with Crippen molar-refractivity contribution in [1.29, 1.82) is 0 Å². The van der Waals surface area contributed by atoms with E-state index in [2.05, 4.69) is 5.32 Å². The van der Waals surface area contributed by atoms with Gasteiger partial charge in [-0.3, -0.25) is 0 Å². The molecule has 0 fully saturated rings. The molecule has 0 aromatic heterocycles. The van der Waals surface area contributed by atoms with E-state index in [1.807, 2.05) is 60.9 Å². The third-order valence-corrected chi connectivity index (χ3v) is 4.13. The van der Waals surface area contributed by atoms with Gasteiger partial charge in [-0.1, -0.05) is 36.4 Å². The molecule has 5 heteroatoms. The lowest BCUT2D eigenvalue weighted by molar-refractivity contribution is 0.0469. The molecule has 0 radical (unpaired) electrons. The maximum absolute atomic E-state index is 12.7. The van der Waals surface area contributed by atoms with Gasteiger partial charge in [-0.2, -0.15) is 0 Å². The Bertz CT molecular complexity index is 669. The van der Waals surface area contributed by atoms with Crippen LogP contribution in [0.25, 0.3) is 0 Å². The summed E-state index contributed by atoms with van der Waals surface area (Å²) in [7, 11) is 0. The fourth-order valence-corrected chi connectivity index (χ4v) is 2.83. The lowest BCUT2D eigenvalue weighted by Gasteiger charge is -2.29. The van der Waals surface area contributed by atoms with Crippen molar-refractivity contribution in [1.82, 2.24) is 4.90 Å². The molecule has 0 unspecified atom stereocenters. The van der Waals surface area contributed by atoms with E-state index in [1.54, 1.807) is 30.5 Å². The molecule has 0 atom stereocenters. The van der Waals surface area contributed by atoms with Gasteiger partial charge in [0.1, 0.15) is 0 Å². The van der Waals surface area contributed by atoms with Crippen LogP contribution in [0.5, 0.6) is 0 Å². The topological polar surface area (TPSA) is 52.6 Å². The SMILES string of the molecule is CSc1cccc(NC(=O)N(Cc2ccccc2)CC(C)(C)O)c1. The zero-order chi connectivity index (χ0) is 17.6. The number of rotatable bonds is 6.